The summed E-state index contributed by atoms with van der Waals surface area (Å²) in [6.45, 7) is 1.01. The van der Waals surface area contributed by atoms with E-state index in [1.807, 2.05) is 0 Å². The predicted octanol–water partition coefficient (Wildman–Crippen LogP) is 1.20. The van der Waals surface area contributed by atoms with E-state index in [1.165, 1.54) is 0 Å². The minimum absolute atomic E-state index is 0.0216. The highest BCUT2D eigenvalue weighted by molar-refractivity contribution is 7.99. The molecule has 0 saturated heterocycles. The lowest BCUT2D eigenvalue weighted by atomic mass is 10.3. The first kappa shape index (κ1) is 10.9. The van der Waals surface area contributed by atoms with Gasteiger partial charge in [-0.1, -0.05) is 0 Å². The summed E-state index contributed by atoms with van der Waals surface area (Å²) in [6, 6.07) is 0. The number of aromatic nitrogens is 2. The number of aryl methyl sites for hydroxylation is 1. The molecule has 0 saturated carbocycles. The van der Waals surface area contributed by atoms with Gasteiger partial charge in [0.15, 0.2) is 4.77 Å². The number of methoxy groups -OCH3 is 1. The van der Waals surface area contributed by atoms with Crippen LogP contribution in [0, 0.1) is 4.77 Å². The van der Waals surface area contributed by atoms with Crippen LogP contribution in [0.15, 0.2) is 9.69 Å². The summed E-state index contributed by atoms with van der Waals surface area (Å²) in [7, 11) is 1.61. The Hall–Kier alpha value is -0.590. The molecule has 2 rings (SSSR count). The Morgan fingerprint density at radius 1 is 1.67 bits per heavy atom. The lowest BCUT2D eigenvalue weighted by Crippen LogP contribution is -2.25. The van der Waals surface area contributed by atoms with Gasteiger partial charge in [0, 0.05) is 18.6 Å². The van der Waals surface area contributed by atoms with Crippen LogP contribution in [0.4, 0.5) is 0 Å². The van der Waals surface area contributed by atoms with E-state index >= 15 is 0 Å². The smallest absolute Gasteiger partial charge is 0.268 e. The first-order chi connectivity index (χ1) is 7.24. The fraction of sp³-hybridized carbons (Fsp3) is 0.556. The Bertz CT molecular complexity index is 478. The van der Waals surface area contributed by atoms with E-state index in [0.29, 0.717) is 17.9 Å². The van der Waals surface area contributed by atoms with Crippen molar-refractivity contribution in [2.75, 3.05) is 19.5 Å². The number of hydrogen-bond donors (Lipinski definition) is 1. The number of hydrogen-bond acceptors (Lipinski definition) is 4. The van der Waals surface area contributed by atoms with Gasteiger partial charge in [0.25, 0.3) is 5.56 Å². The molecule has 1 aromatic rings. The molecule has 0 fully saturated rings. The molecule has 0 aliphatic carbocycles. The van der Waals surface area contributed by atoms with Gasteiger partial charge in [0.2, 0.25) is 0 Å². The lowest BCUT2D eigenvalue weighted by Gasteiger charge is -2.07. The molecule has 0 bridgehead atoms. The second-order valence-electron chi connectivity index (χ2n) is 3.29. The zero-order chi connectivity index (χ0) is 10.8. The third-order valence-corrected chi connectivity index (χ3v) is 3.77. The summed E-state index contributed by atoms with van der Waals surface area (Å²) in [6.07, 6.45) is 0.907. The maximum Gasteiger partial charge on any atom is 0.268 e. The van der Waals surface area contributed by atoms with Crippen LogP contribution in [-0.4, -0.2) is 29.0 Å². The zero-order valence-corrected chi connectivity index (χ0v) is 10.0. The molecular formula is C9H12N2O2S2. The van der Waals surface area contributed by atoms with Gasteiger partial charge in [-0.15, -0.1) is 11.8 Å². The minimum Gasteiger partial charge on any atom is -0.383 e. The molecule has 1 aliphatic heterocycles. The van der Waals surface area contributed by atoms with Gasteiger partial charge in [-0.3, -0.25) is 9.36 Å². The van der Waals surface area contributed by atoms with E-state index in [9.17, 15) is 4.79 Å². The molecule has 2 heterocycles. The van der Waals surface area contributed by atoms with E-state index in [0.717, 1.165) is 22.8 Å². The van der Waals surface area contributed by atoms with E-state index in [1.54, 1.807) is 23.4 Å². The molecule has 0 atom stereocenters. The van der Waals surface area contributed by atoms with Crippen LogP contribution >= 0.6 is 24.0 Å². The van der Waals surface area contributed by atoms with Crippen molar-refractivity contribution in [1.82, 2.24) is 9.55 Å². The van der Waals surface area contributed by atoms with E-state index in [2.05, 4.69) is 4.98 Å². The van der Waals surface area contributed by atoms with Crippen molar-refractivity contribution in [3.8, 4) is 0 Å². The fourth-order valence-electron chi connectivity index (χ4n) is 1.56. The molecule has 0 spiro atoms. The summed E-state index contributed by atoms with van der Waals surface area (Å²) in [5.74, 6) is 0.962. The molecule has 0 aromatic carbocycles. The number of aromatic amines is 1. The zero-order valence-electron chi connectivity index (χ0n) is 8.41. The number of fused-ring (bicyclic) bond motifs is 1. The van der Waals surface area contributed by atoms with Gasteiger partial charge >= 0.3 is 0 Å². The number of thioether (sulfide) groups is 1. The Morgan fingerprint density at radius 2 is 2.47 bits per heavy atom. The molecule has 82 valence electrons. The van der Waals surface area contributed by atoms with Gasteiger partial charge in [-0.2, -0.15) is 0 Å². The van der Waals surface area contributed by atoms with Crippen molar-refractivity contribution >= 4 is 24.0 Å². The van der Waals surface area contributed by atoms with Gasteiger partial charge in [-0.05, 0) is 18.6 Å². The SMILES string of the molecule is COCCn1c(=S)[nH]c2c(c1=O)SCC2. The second-order valence-corrected chi connectivity index (χ2v) is 4.78. The van der Waals surface area contributed by atoms with Crippen molar-refractivity contribution < 1.29 is 4.74 Å². The van der Waals surface area contributed by atoms with Crippen LogP contribution in [0.1, 0.15) is 5.69 Å². The van der Waals surface area contributed by atoms with E-state index < -0.39 is 0 Å². The second kappa shape index (κ2) is 4.51. The third-order valence-electron chi connectivity index (χ3n) is 2.33. The highest BCUT2D eigenvalue weighted by Gasteiger charge is 2.17. The Kier molecular flexibility index (Phi) is 3.28. The third kappa shape index (κ3) is 2.02. The first-order valence-corrected chi connectivity index (χ1v) is 6.11. The number of nitrogens with zero attached hydrogens (tertiary/aromatic N) is 1. The van der Waals surface area contributed by atoms with Crippen molar-refractivity contribution in [2.45, 2.75) is 17.9 Å². The standard InChI is InChI=1S/C9H12N2O2S2/c1-13-4-3-11-8(12)7-6(2-5-15-7)10-9(11)14/h2-5H2,1H3,(H,10,14). The van der Waals surface area contributed by atoms with Gasteiger partial charge in [-0.25, -0.2) is 0 Å². The summed E-state index contributed by atoms with van der Waals surface area (Å²) in [5, 5.41) is 0. The van der Waals surface area contributed by atoms with Crippen LogP contribution in [0.5, 0.6) is 0 Å². The maximum absolute atomic E-state index is 12.0. The first-order valence-electron chi connectivity index (χ1n) is 4.71. The van der Waals surface area contributed by atoms with Crippen LogP contribution in [-0.2, 0) is 17.7 Å². The average molecular weight is 244 g/mol. The van der Waals surface area contributed by atoms with Crippen LogP contribution < -0.4 is 5.56 Å². The molecular weight excluding hydrogens is 232 g/mol. The molecule has 1 aliphatic rings. The van der Waals surface area contributed by atoms with Gasteiger partial charge in [0.1, 0.15) is 0 Å². The minimum atomic E-state index is 0.0216. The van der Waals surface area contributed by atoms with Crippen LogP contribution in [0.3, 0.4) is 0 Å². The number of ether oxygens (including phenoxy) is 1. The Labute approximate surface area is 96.7 Å². The lowest BCUT2D eigenvalue weighted by molar-refractivity contribution is 0.185. The summed E-state index contributed by atoms with van der Waals surface area (Å²) in [5.41, 5.74) is 1.01. The molecule has 6 heteroatoms. The highest BCUT2D eigenvalue weighted by Crippen LogP contribution is 2.25. The average Bonchev–Trinajstić information content (AvgIpc) is 2.65. The molecule has 0 unspecified atom stereocenters. The summed E-state index contributed by atoms with van der Waals surface area (Å²) >= 11 is 6.74. The quantitative estimate of drug-likeness (QED) is 0.812. The van der Waals surface area contributed by atoms with Gasteiger partial charge < -0.3 is 9.72 Å². The van der Waals surface area contributed by atoms with E-state index in [4.69, 9.17) is 17.0 Å². The highest BCUT2D eigenvalue weighted by atomic mass is 32.2. The van der Waals surface area contributed by atoms with Crippen molar-refractivity contribution in [1.29, 1.82) is 0 Å². The molecule has 15 heavy (non-hydrogen) atoms. The molecule has 1 aromatic heterocycles. The Morgan fingerprint density at radius 3 is 3.20 bits per heavy atom. The normalized spacial score (nSPS) is 14.2. The topological polar surface area (TPSA) is 47.0 Å². The largest absolute Gasteiger partial charge is 0.383 e. The Balaban J connectivity index is 2.47. The van der Waals surface area contributed by atoms with Crippen molar-refractivity contribution in [3.63, 3.8) is 0 Å². The molecule has 4 nitrogen and oxygen atoms in total. The van der Waals surface area contributed by atoms with Gasteiger partial charge in [0.05, 0.1) is 18.0 Å². The fourth-order valence-corrected chi connectivity index (χ4v) is 2.93. The molecule has 0 radical (unpaired) electrons. The number of nitrogens with one attached hydrogen (secondary N) is 1. The number of rotatable bonds is 3. The van der Waals surface area contributed by atoms with Crippen LogP contribution in [0.25, 0.3) is 0 Å². The maximum atomic E-state index is 12.0. The summed E-state index contributed by atoms with van der Waals surface area (Å²) < 4.78 is 7.01. The molecule has 1 N–H and O–H groups in total. The molecule has 0 amide bonds. The number of H-pyrrole nitrogens is 1. The monoisotopic (exact) mass is 244 g/mol. The van der Waals surface area contributed by atoms with E-state index in [-0.39, 0.29) is 5.56 Å². The van der Waals surface area contributed by atoms with Crippen molar-refractivity contribution in [2.24, 2.45) is 0 Å². The van der Waals surface area contributed by atoms with Crippen molar-refractivity contribution in [3.05, 3.63) is 20.8 Å². The predicted molar refractivity (Wildman–Crippen MR) is 62.2 cm³/mol. The summed E-state index contributed by atoms with van der Waals surface area (Å²) in [4.78, 5) is 15.9. The van der Waals surface area contributed by atoms with Crippen LogP contribution in [0.2, 0.25) is 0 Å².